The lowest BCUT2D eigenvalue weighted by atomic mass is 10.0. The third-order valence-electron chi connectivity index (χ3n) is 5.40. The van der Waals surface area contributed by atoms with Crippen LogP contribution in [-0.2, 0) is 16.0 Å². The van der Waals surface area contributed by atoms with Gasteiger partial charge in [-0.05, 0) is 61.6 Å². The molecule has 6 heteroatoms. The molecule has 0 spiro atoms. The number of carbonyl (C=O) groups excluding carboxylic acids is 2. The van der Waals surface area contributed by atoms with E-state index in [-0.39, 0.29) is 24.5 Å². The summed E-state index contributed by atoms with van der Waals surface area (Å²) < 4.78 is 5.73. The van der Waals surface area contributed by atoms with Gasteiger partial charge in [0.05, 0.1) is 6.42 Å². The van der Waals surface area contributed by atoms with E-state index >= 15 is 0 Å². The fraction of sp³-hybridized carbons (Fsp3) is 0.391. The van der Waals surface area contributed by atoms with Crippen molar-refractivity contribution in [1.29, 1.82) is 0 Å². The van der Waals surface area contributed by atoms with Crippen molar-refractivity contribution in [2.24, 2.45) is 0 Å². The largest absolute Gasteiger partial charge is 0.483 e. The number of rotatable bonds is 6. The quantitative estimate of drug-likeness (QED) is 0.784. The molecule has 1 N–H and O–H groups in total. The molecule has 2 aromatic rings. The number of ether oxygens (including phenoxy) is 1. The summed E-state index contributed by atoms with van der Waals surface area (Å²) in [5.74, 6) is 0.731. The standard InChI is InChI=1S/C23H27ClN2O3/c1-16-4-3-5-21(17(16)2)29-15-23(28)26-12-10-20(11-13-26)25-22(27)14-18-6-8-19(24)9-7-18/h3-9,20H,10-15H2,1-2H3,(H,25,27). The first-order valence-corrected chi connectivity index (χ1v) is 10.3. The summed E-state index contributed by atoms with van der Waals surface area (Å²) in [6, 6.07) is 13.2. The average Bonchev–Trinajstić information content (AvgIpc) is 2.71. The molecule has 0 bridgehead atoms. The maximum atomic E-state index is 12.5. The van der Waals surface area contributed by atoms with Gasteiger partial charge in [-0.25, -0.2) is 0 Å². The van der Waals surface area contributed by atoms with Crippen LogP contribution in [0.3, 0.4) is 0 Å². The summed E-state index contributed by atoms with van der Waals surface area (Å²) in [6.07, 6.45) is 1.84. The molecule has 0 aliphatic carbocycles. The Morgan fingerprint density at radius 1 is 1.10 bits per heavy atom. The number of nitrogens with zero attached hydrogens (tertiary/aromatic N) is 1. The van der Waals surface area contributed by atoms with Crippen LogP contribution < -0.4 is 10.1 Å². The van der Waals surface area contributed by atoms with Crippen LogP contribution in [0.5, 0.6) is 5.75 Å². The molecule has 0 saturated carbocycles. The van der Waals surface area contributed by atoms with Crippen LogP contribution in [0, 0.1) is 13.8 Å². The fourth-order valence-electron chi connectivity index (χ4n) is 3.45. The van der Waals surface area contributed by atoms with Crippen molar-refractivity contribution in [3.05, 3.63) is 64.2 Å². The highest BCUT2D eigenvalue weighted by Gasteiger charge is 2.24. The monoisotopic (exact) mass is 414 g/mol. The third-order valence-corrected chi connectivity index (χ3v) is 5.65. The van der Waals surface area contributed by atoms with Crippen LogP contribution in [0.1, 0.15) is 29.5 Å². The summed E-state index contributed by atoms with van der Waals surface area (Å²) >= 11 is 5.87. The zero-order valence-corrected chi connectivity index (χ0v) is 17.7. The van der Waals surface area contributed by atoms with Crippen LogP contribution >= 0.6 is 11.6 Å². The lowest BCUT2D eigenvalue weighted by Gasteiger charge is -2.32. The molecular weight excluding hydrogens is 388 g/mol. The smallest absolute Gasteiger partial charge is 0.260 e. The third kappa shape index (κ3) is 5.97. The van der Waals surface area contributed by atoms with E-state index in [1.807, 2.05) is 49.1 Å². The first kappa shape index (κ1) is 21.2. The number of likely N-dealkylation sites (tertiary alicyclic amines) is 1. The van der Waals surface area contributed by atoms with Gasteiger partial charge in [-0.15, -0.1) is 0 Å². The minimum atomic E-state index is -0.0168. The highest BCUT2D eigenvalue weighted by molar-refractivity contribution is 6.30. The molecule has 1 aliphatic rings. The average molecular weight is 415 g/mol. The number of aryl methyl sites for hydroxylation is 1. The maximum Gasteiger partial charge on any atom is 0.260 e. The molecule has 0 radical (unpaired) electrons. The Kier molecular flexibility index (Phi) is 7.15. The Morgan fingerprint density at radius 2 is 1.79 bits per heavy atom. The van der Waals surface area contributed by atoms with E-state index in [1.165, 1.54) is 0 Å². The predicted octanol–water partition coefficient (Wildman–Crippen LogP) is 3.69. The summed E-state index contributed by atoms with van der Waals surface area (Å²) in [4.78, 5) is 26.5. The van der Waals surface area contributed by atoms with Crippen LogP contribution in [0.15, 0.2) is 42.5 Å². The Balaban J connectivity index is 1.41. The van der Waals surface area contributed by atoms with E-state index in [0.717, 1.165) is 35.3 Å². The Morgan fingerprint density at radius 3 is 2.48 bits per heavy atom. The molecule has 0 atom stereocenters. The van der Waals surface area contributed by atoms with Crippen molar-refractivity contribution < 1.29 is 14.3 Å². The summed E-state index contributed by atoms with van der Waals surface area (Å²) in [5, 5.41) is 3.73. The molecule has 154 valence electrons. The highest BCUT2D eigenvalue weighted by Crippen LogP contribution is 2.21. The number of carbonyl (C=O) groups is 2. The van der Waals surface area contributed by atoms with Gasteiger partial charge in [-0.2, -0.15) is 0 Å². The normalized spacial score (nSPS) is 14.5. The van der Waals surface area contributed by atoms with E-state index in [1.54, 1.807) is 12.1 Å². The second-order valence-electron chi connectivity index (χ2n) is 7.51. The molecule has 0 aromatic heterocycles. The van der Waals surface area contributed by atoms with Gasteiger partial charge < -0.3 is 15.0 Å². The van der Waals surface area contributed by atoms with Gasteiger partial charge in [0.25, 0.3) is 5.91 Å². The van der Waals surface area contributed by atoms with Gasteiger partial charge in [0, 0.05) is 24.2 Å². The molecule has 5 nitrogen and oxygen atoms in total. The highest BCUT2D eigenvalue weighted by atomic mass is 35.5. The Hall–Kier alpha value is -2.53. The molecule has 3 rings (SSSR count). The van der Waals surface area contributed by atoms with E-state index in [2.05, 4.69) is 5.32 Å². The molecule has 29 heavy (non-hydrogen) atoms. The number of hydrogen-bond donors (Lipinski definition) is 1. The number of halogens is 1. The van der Waals surface area contributed by atoms with Gasteiger partial charge in [-0.3, -0.25) is 9.59 Å². The summed E-state index contributed by atoms with van der Waals surface area (Å²) in [6.45, 7) is 5.31. The Labute approximate surface area is 177 Å². The van der Waals surface area contributed by atoms with Crippen LogP contribution in [-0.4, -0.2) is 42.5 Å². The number of benzene rings is 2. The lowest BCUT2D eigenvalue weighted by molar-refractivity contribution is -0.134. The molecule has 1 heterocycles. The first-order chi connectivity index (χ1) is 13.9. The minimum Gasteiger partial charge on any atom is -0.483 e. The van der Waals surface area contributed by atoms with Crippen molar-refractivity contribution in [2.75, 3.05) is 19.7 Å². The van der Waals surface area contributed by atoms with Gasteiger partial charge in [0.1, 0.15) is 5.75 Å². The van der Waals surface area contributed by atoms with E-state index in [4.69, 9.17) is 16.3 Å². The van der Waals surface area contributed by atoms with Crippen LogP contribution in [0.25, 0.3) is 0 Å². The minimum absolute atomic E-state index is 0.00430. The molecular formula is C23H27ClN2O3. The van der Waals surface area contributed by atoms with Crippen molar-refractivity contribution in [1.82, 2.24) is 10.2 Å². The molecule has 2 amide bonds. The number of piperidine rings is 1. The van der Waals surface area contributed by atoms with Crippen molar-refractivity contribution >= 4 is 23.4 Å². The molecule has 1 fully saturated rings. The maximum absolute atomic E-state index is 12.5. The van der Waals surface area contributed by atoms with Gasteiger partial charge in [-0.1, -0.05) is 35.9 Å². The van der Waals surface area contributed by atoms with E-state index in [0.29, 0.717) is 24.5 Å². The SMILES string of the molecule is Cc1cccc(OCC(=O)N2CCC(NC(=O)Cc3ccc(Cl)cc3)CC2)c1C. The zero-order chi connectivity index (χ0) is 20.8. The summed E-state index contributed by atoms with van der Waals surface area (Å²) in [7, 11) is 0. The van der Waals surface area contributed by atoms with Gasteiger partial charge in [0.2, 0.25) is 5.91 Å². The number of nitrogens with one attached hydrogen (secondary N) is 1. The fourth-order valence-corrected chi connectivity index (χ4v) is 3.58. The summed E-state index contributed by atoms with van der Waals surface area (Å²) in [5.41, 5.74) is 3.13. The van der Waals surface area contributed by atoms with Gasteiger partial charge in [0.15, 0.2) is 6.61 Å². The van der Waals surface area contributed by atoms with Crippen molar-refractivity contribution in [3.63, 3.8) is 0 Å². The molecule has 1 saturated heterocycles. The van der Waals surface area contributed by atoms with Crippen LogP contribution in [0.4, 0.5) is 0 Å². The predicted molar refractivity (Wildman–Crippen MR) is 114 cm³/mol. The van der Waals surface area contributed by atoms with Crippen LogP contribution in [0.2, 0.25) is 5.02 Å². The second kappa shape index (κ2) is 9.79. The van der Waals surface area contributed by atoms with Crippen molar-refractivity contribution in [3.8, 4) is 5.75 Å². The van der Waals surface area contributed by atoms with E-state index in [9.17, 15) is 9.59 Å². The molecule has 0 unspecified atom stereocenters. The lowest BCUT2D eigenvalue weighted by Crippen LogP contribution is -2.48. The molecule has 1 aliphatic heterocycles. The topological polar surface area (TPSA) is 58.6 Å². The zero-order valence-electron chi connectivity index (χ0n) is 16.9. The first-order valence-electron chi connectivity index (χ1n) is 9.93. The number of hydrogen-bond acceptors (Lipinski definition) is 3. The molecule has 2 aromatic carbocycles. The van der Waals surface area contributed by atoms with Crippen molar-refractivity contribution in [2.45, 2.75) is 39.2 Å². The van der Waals surface area contributed by atoms with Gasteiger partial charge >= 0.3 is 0 Å². The Bertz CT molecular complexity index is 859. The number of amides is 2. The van der Waals surface area contributed by atoms with E-state index < -0.39 is 0 Å². The second-order valence-corrected chi connectivity index (χ2v) is 7.95.